The number of likely N-dealkylation sites (N-methyl/N-ethyl adjacent to an activating group) is 3. The van der Waals surface area contributed by atoms with E-state index < -0.39 is 0 Å². The molecule has 0 spiro atoms. The quantitative estimate of drug-likeness (QED) is 0.248. The number of aliphatic hydroxyl groups is 1. The predicted octanol–water partition coefficient (Wildman–Crippen LogP) is -7.89. The molecular weight excluding hydrogens is 475 g/mol. The lowest BCUT2D eigenvalue weighted by Gasteiger charge is -2.34. The highest BCUT2D eigenvalue weighted by Gasteiger charge is 2.27. The van der Waals surface area contributed by atoms with Gasteiger partial charge in [-0.3, -0.25) is 9.59 Å². The van der Waals surface area contributed by atoms with Gasteiger partial charge >= 0.3 is 0 Å². The maximum Gasteiger partial charge on any atom is 0.223 e. The smallest absolute Gasteiger partial charge is 0.223 e. The molecule has 10 heteroatoms. The van der Waals surface area contributed by atoms with Crippen LogP contribution < -0.4 is 43.0 Å². The molecule has 198 valence electrons. The van der Waals surface area contributed by atoms with Gasteiger partial charge in [-0.1, -0.05) is 20.8 Å². The van der Waals surface area contributed by atoms with Crippen molar-refractivity contribution in [2.75, 3.05) is 82.1 Å². The minimum absolute atomic E-state index is 0. The number of nitrogens with two attached hydrogens (primary N) is 1. The molecule has 0 bridgehead atoms. The fourth-order valence-electron chi connectivity index (χ4n) is 2.62. The SMILES string of the molecule is CCC(C)(C)C(N)=O.CC[N+](C)(C)CC(=O)CC[N+](C)(C)CC(O)C[N+](C)(C)C.[Cl-].[Cl-].[Cl-]. The minimum Gasteiger partial charge on any atom is -1.00 e. The summed E-state index contributed by atoms with van der Waals surface area (Å²) in [6, 6.07) is 0. The second-order valence-corrected chi connectivity index (χ2v) is 11.3. The summed E-state index contributed by atoms with van der Waals surface area (Å²) >= 11 is 0. The fourth-order valence-corrected chi connectivity index (χ4v) is 2.62. The molecule has 1 amide bonds. The Morgan fingerprint density at radius 1 is 0.875 bits per heavy atom. The standard InChI is InChI=1S/C16H38N3O2.C6H13NO.3ClH/c1-9-18(5,6)13-15(20)10-11-19(7,8)14-16(21)12-17(2,3)4;1-4-6(2,3)5(7)8;;;/h16,21H,9-14H2,1-8H3;4H2,1-3H3,(H2,7,8);3*1H/q+3;;;;/p-3. The average molecular weight is 526 g/mol. The Morgan fingerprint density at radius 3 is 1.59 bits per heavy atom. The van der Waals surface area contributed by atoms with Gasteiger partial charge in [0.2, 0.25) is 5.91 Å². The molecule has 0 radical (unpaired) electrons. The van der Waals surface area contributed by atoms with Crippen LogP contribution in [0.25, 0.3) is 0 Å². The molecule has 0 aromatic rings. The van der Waals surface area contributed by atoms with Gasteiger partial charge in [-0.05, 0) is 13.3 Å². The van der Waals surface area contributed by atoms with Crippen LogP contribution in [0.15, 0.2) is 0 Å². The normalized spacial score (nSPS) is 12.8. The van der Waals surface area contributed by atoms with Crippen molar-refractivity contribution < 1.29 is 65.4 Å². The molecule has 0 rings (SSSR count). The molecule has 0 fully saturated rings. The van der Waals surface area contributed by atoms with Crippen LogP contribution in [0.1, 0.15) is 40.5 Å². The van der Waals surface area contributed by atoms with E-state index in [4.69, 9.17) is 5.73 Å². The summed E-state index contributed by atoms with van der Waals surface area (Å²) in [4.78, 5) is 22.6. The van der Waals surface area contributed by atoms with Gasteiger partial charge in [0.05, 0.1) is 68.8 Å². The van der Waals surface area contributed by atoms with E-state index in [1.165, 1.54) is 0 Å². The van der Waals surface area contributed by atoms with Gasteiger partial charge in [0.1, 0.15) is 19.6 Å². The molecule has 7 nitrogen and oxygen atoms in total. The lowest BCUT2D eigenvalue weighted by Crippen LogP contribution is -3.00. The van der Waals surface area contributed by atoms with Gasteiger partial charge in [-0.2, -0.15) is 0 Å². The van der Waals surface area contributed by atoms with Crippen LogP contribution in [-0.2, 0) is 9.59 Å². The van der Waals surface area contributed by atoms with Crippen LogP contribution in [0.4, 0.5) is 0 Å². The summed E-state index contributed by atoms with van der Waals surface area (Å²) in [5.41, 5.74) is 4.72. The van der Waals surface area contributed by atoms with E-state index >= 15 is 0 Å². The number of nitrogens with zero attached hydrogens (tertiary/aromatic N) is 3. The molecule has 32 heavy (non-hydrogen) atoms. The van der Waals surface area contributed by atoms with Crippen LogP contribution in [-0.4, -0.2) is 118 Å². The third-order valence-electron chi connectivity index (χ3n) is 5.47. The number of carbonyl (C=O) groups excluding carboxylic acids is 2. The van der Waals surface area contributed by atoms with Crippen LogP contribution in [0.3, 0.4) is 0 Å². The van der Waals surface area contributed by atoms with Crippen molar-refractivity contribution in [3.05, 3.63) is 0 Å². The highest BCUT2D eigenvalue weighted by atomic mass is 35.5. The third-order valence-corrected chi connectivity index (χ3v) is 5.47. The predicted molar refractivity (Wildman–Crippen MR) is 121 cm³/mol. The maximum atomic E-state index is 12.1. The Balaban J connectivity index is -0.000000190. The van der Waals surface area contributed by atoms with Gasteiger partial charge in [-0.15, -0.1) is 0 Å². The Labute approximate surface area is 216 Å². The van der Waals surface area contributed by atoms with Gasteiger partial charge in [0.15, 0.2) is 11.9 Å². The van der Waals surface area contributed by atoms with Crippen molar-refractivity contribution >= 4 is 11.7 Å². The molecule has 0 saturated heterocycles. The van der Waals surface area contributed by atoms with Crippen LogP contribution in [0, 0.1) is 5.41 Å². The zero-order chi connectivity index (χ0) is 23.7. The number of aliphatic hydroxyl groups excluding tert-OH is 1. The van der Waals surface area contributed by atoms with Crippen LogP contribution in [0.5, 0.6) is 0 Å². The van der Waals surface area contributed by atoms with E-state index in [0.717, 1.165) is 35.0 Å². The Bertz CT molecular complexity index is 523. The first-order valence-corrected chi connectivity index (χ1v) is 10.7. The first-order chi connectivity index (χ1) is 12.8. The Morgan fingerprint density at radius 2 is 1.31 bits per heavy atom. The van der Waals surface area contributed by atoms with E-state index in [0.29, 0.717) is 29.8 Å². The number of rotatable bonds is 12. The highest BCUT2D eigenvalue weighted by Crippen LogP contribution is 2.17. The highest BCUT2D eigenvalue weighted by molar-refractivity contribution is 5.80. The molecule has 1 atom stereocenters. The molecule has 0 aromatic carbocycles. The molecule has 0 aliphatic heterocycles. The molecule has 0 saturated carbocycles. The maximum absolute atomic E-state index is 12.1. The number of amides is 1. The van der Waals surface area contributed by atoms with E-state index in [9.17, 15) is 14.7 Å². The summed E-state index contributed by atoms with van der Waals surface area (Å²) in [5, 5.41) is 10.2. The first kappa shape index (κ1) is 42.0. The molecule has 0 aliphatic carbocycles. The van der Waals surface area contributed by atoms with Crippen LogP contribution >= 0.6 is 0 Å². The Hall–Kier alpha value is -0.150. The van der Waals surface area contributed by atoms with E-state index in [2.05, 4.69) is 56.3 Å². The zero-order valence-corrected chi connectivity index (χ0v) is 24.6. The second kappa shape index (κ2) is 17.3. The average Bonchev–Trinajstić information content (AvgIpc) is 2.50. The molecule has 3 N–H and O–H groups in total. The lowest BCUT2D eigenvalue weighted by molar-refractivity contribution is -0.907. The number of halogens is 3. The van der Waals surface area contributed by atoms with Crippen molar-refractivity contribution in [3.8, 4) is 0 Å². The molecular formula is C22H51Cl3N4O3. The fraction of sp³-hybridized carbons (Fsp3) is 0.909. The van der Waals surface area contributed by atoms with Crippen molar-refractivity contribution in [3.63, 3.8) is 0 Å². The van der Waals surface area contributed by atoms with Gasteiger partial charge in [-0.25, -0.2) is 0 Å². The summed E-state index contributed by atoms with van der Waals surface area (Å²) in [6.45, 7) is 11.5. The van der Waals surface area contributed by atoms with Crippen molar-refractivity contribution in [2.45, 2.75) is 46.6 Å². The number of carbonyl (C=O) groups is 2. The van der Waals surface area contributed by atoms with Crippen molar-refractivity contribution in [1.82, 2.24) is 0 Å². The second-order valence-electron chi connectivity index (χ2n) is 11.3. The van der Waals surface area contributed by atoms with Crippen molar-refractivity contribution in [1.29, 1.82) is 0 Å². The topological polar surface area (TPSA) is 80.4 Å². The number of hydrogen-bond donors (Lipinski definition) is 2. The number of Topliss-reactive ketones (excluding diaryl/α,β-unsaturated/α-hetero) is 1. The summed E-state index contributed by atoms with van der Waals surface area (Å²) < 4.78 is 2.19. The van der Waals surface area contributed by atoms with Crippen molar-refractivity contribution in [2.24, 2.45) is 11.1 Å². The van der Waals surface area contributed by atoms with Gasteiger partial charge in [0.25, 0.3) is 0 Å². The summed E-state index contributed by atoms with van der Waals surface area (Å²) in [5.74, 6) is 0.0918. The largest absolute Gasteiger partial charge is 1.00 e. The number of hydrogen-bond acceptors (Lipinski definition) is 3. The van der Waals surface area contributed by atoms with E-state index in [1.807, 2.05) is 20.8 Å². The third kappa shape index (κ3) is 23.0. The van der Waals surface area contributed by atoms with Crippen LogP contribution in [0.2, 0.25) is 0 Å². The first-order valence-electron chi connectivity index (χ1n) is 10.7. The lowest BCUT2D eigenvalue weighted by atomic mass is 9.90. The van der Waals surface area contributed by atoms with Gasteiger partial charge in [0, 0.05) is 5.41 Å². The van der Waals surface area contributed by atoms with E-state index in [1.54, 1.807) is 0 Å². The number of ketones is 1. The Kier molecular flexibility index (Phi) is 22.7. The summed E-state index contributed by atoms with van der Waals surface area (Å²) in [6.07, 6.45) is 1.06. The molecule has 0 heterocycles. The number of primary amides is 1. The minimum atomic E-state index is -0.335. The van der Waals surface area contributed by atoms with Gasteiger partial charge < -0.3 is 61.5 Å². The molecule has 0 aromatic heterocycles. The zero-order valence-electron chi connectivity index (χ0n) is 22.3. The summed E-state index contributed by atoms with van der Waals surface area (Å²) in [7, 11) is 14.6. The monoisotopic (exact) mass is 524 g/mol. The van der Waals surface area contributed by atoms with E-state index in [-0.39, 0.29) is 54.6 Å². The molecule has 0 aliphatic rings. The number of quaternary nitrogens is 3. The molecule has 1 unspecified atom stereocenters.